The highest BCUT2D eigenvalue weighted by molar-refractivity contribution is 5.67. The number of hydrogen-bond acceptors (Lipinski definition) is 2. The smallest absolute Gasteiger partial charge is 0.303 e. The first-order chi connectivity index (χ1) is 5.61. The van der Waals surface area contributed by atoms with Crippen LogP contribution in [0.15, 0.2) is 0 Å². The van der Waals surface area contributed by atoms with Gasteiger partial charge in [0.15, 0.2) is 0 Å². The number of nitrogens with one attached hydrogen (secondary N) is 1. The number of rotatable bonds is 3. The normalized spacial score (nSPS) is 10.2. The molecular weight excluding hydrogens is 156 g/mol. The van der Waals surface area contributed by atoms with Crippen molar-refractivity contribution in [3.05, 3.63) is 17.0 Å². The van der Waals surface area contributed by atoms with Crippen molar-refractivity contribution in [3.63, 3.8) is 0 Å². The number of carbonyl (C=O) groups is 1. The van der Waals surface area contributed by atoms with Crippen LogP contribution in [0.1, 0.15) is 23.4 Å². The first kappa shape index (κ1) is 8.77. The maximum atomic E-state index is 10.3. The Morgan fingerprint density at radius 3 is 2.67 bits per heavy atom. The second-order valence-corrected chi connectivity index (χ2v) is 2.81. The number of carboxylic acids is 1. The molecule has 0 radical (unpaired) electrons. The van der Waals surface area contributed by atoms with Crippen molar-refractivity contribution in [1.29, 1.82) is 0 Å². The fourth-order valence-electron chi connectivity index (χ4n) is 1.00. The molecule has 0 saturated heterocycles. The van der Waals surface area contributed by atoms with E-state index in [2.05, 4.69) is 10.2 Å². The van der Waals surface area contributed by atoms with Gasteiger partial charge < -0.3 is 5.11 Å². The van der Waals surface area contributed by atoms with Gasteiger partial charge in [0.1, 0.15) is 0 Å². The number of aromatic nitrogens is 2. The molecule has 0 unspecified atom stereocenters. The fourth-order valence-corrected chi connectivity index (χ4v) is 1.00. The molecule has 0 aliphatic carbocycles. The molecule has 0 atom stereocenters. The van der Waals surface area contributed by atoms with Crippen LogP contribution in [0.5, 0.6) is 0 Å². The maximum Gasteiger partial charge on any atom is 0.303 e. The molecule has 0 aliphatic heterocycles. The van der Waals surface area contributed by atoms with Crippen LogP contribution in [0.2, 0.25) is 0 Å². The highest BCUT2D eigenvalue weighted by atomic mass is 16.4. The molecule has 0 fully saturated rings. The average molecular weight is 168 g/mol. The summed E-state index contributed by atoms with van der Waals surface area (Å²) in [5.74, 6) is -0.782. The van der Waals surface area contributed by atoms with Gasteiger partial charge in [-0.3, -0.25) is 9.89 Å². The van der Waals surface area contributed by atoms with Gasteiger partial charge in [0, 0.05) is 12.1 Å². The Labute approximate surface area is 70.6 Å². The summed E-state index contributed by atoms with van der Waals surface area (Å²) < 4.78 is 0. The van der Waals surface area contributed by atoms with Crippen molar-refractivity contribution < 1.29 is 9.90 Å². The Balaban J connectivity index is 2.63. The van der Waals surface area contributed by atoms with Crippen LogP contribution in [0.4, 0.5) is 0 Å². The van der Waals surface area contributed by atoms with Gasteiger partial charge in [-0.25, -0.2) is 0 Å². The largest absolute Gasteiger partial charge is 0.481 e. The lowest BCUT2D eigenvalue weighted by Gasteiger charge is -1.93. The molecule has 1 aromatic rings. The summed E-state index contributed by atoms with van der Waals surface area (Å²) >= 11 is 0. The Morgan fingerprint density at radius 2 is 2.25 bits per heavy atom. The SMILES string of the molecule is Cc1[nH]nc(CCC(=O)O)c1C. The third-order valence-electron chi connectivity index (χ3n) is 1.93. The molecule has 1 heterocycles. The quantitative estimate of drug-likeness (QED) is 0.708. The van der Waals surface area contributed by atoms with E-state index in [4.69, 9.17) is 5.11 Å². The minimum Gasteiger partial charge on any atom is -0.481 e. The zero-order chi connectivity index (χ0) is 9.14. The lowest BCUT2D eigenvalue weighted by Crippen LogP contribution is -1.98. The first-order valence-corrected chi connectivity index (χ1v) is 3.83. The molecule has 0 saturated carbocycles. The van der Waals surface area contributed by atoms with Gasteiger partial charge in [0.2, 0.25) is 0 Å². The predicted octanol–water partition coefficient (Wildman–Crippen LogP) is 1.04. The molecule has 0 spiro atoms. The van der Waals surface area contributed by atoms with E-state index in [1.807, 2.05) is 13.8 Å². The van der Waals surface area contributed by atoms with E-state index < -0.39 is 5.97 Å². The fraction of sp³-hybridized carbons (Fsp3) is 0.500. The van der Waals surface area contributed by atoms with Gasteiger partial charge in [-0.15, -0.1) is 0 Å². The summed E-state index contributed by atoms with van der Waals surface area (Å²) in [7, 11) is 0. The predicted molar refractivity (Wildman–Crippen MR) is 44.0 cm³/mol. The van der Waals surface area contributed by atoms with E-state index in [9.17, 15) is 4.79 Å². The Kier molecular flexibility index (Phi) is 2.47. The Morgan fingerprint density at radius 1 is 1.58 bits per heavy atom. The molecule has 1 aromatic heterocycles. The standard InChI is InChI=1S/C8H12N2O2/c1-5-6(2)9-10-7(5)3-4-8(11)12/h3-4H2,1-2H3,(H,9,10)(H,11,12). The maximum absolute atomic E-state index is 10.3. The van der Waals surface area contributed by atoms with Crippen molar-refractivity contribution in [2.45, 2.75) is 26.7 Å². The van der Waals surface area contributed by atoms with Gasteiger partial charge >= 0.3 is 5.97 Å². The van der Waals surface area contributed by atoms with Crippen molar-refractivity contribution in [2.75, 3.05) is 0 Å². The van der Waals surface area contributed by atoms with Crippen LogP contribution in [0, 0.1) is 13.8 Å². The topological polar surface area (TPSA) is 66.0 Å². The molecular formula is C8H12N2O2. The molecule has 4 nitrogen and oxygen atoms in total. The van der Waals surface area contributed by atoms with Crippen molar-refractivity contribution in [2.24, 2.45) is 0 Å². The summed E-state index contributed by atoms with van der Waals surface area (Å²) in [5.41, 5.74) is 2.93. The highest BCUT2D eigenvalue weighted by Crippen LogP contribution is 2.09. The number of H-pyrrole nitrogens is 1. The number of aliphatic carboxylic acids is 1. The lowest BCUT2D eigenvalue weighted by molar-refractivity contribution is -0.136. The molecule has 0 amide bonds. The van der Waals surface area contributed by atoms with E-state index in [1.165, 1.54) is 0 Å². The molecule has 0 aliphatic rings. The van der Waals surface area contributed by atoms with E-state index in [1.54, 1.807) is 0 Å². The van der Waals surface area contributed by atoms with Crippen LogP contribution in [0.25, 0.3) is 0 Å². The zero-order valence-corrected chi connectivity index (χ0v) is 7.22. The van der Waals surface area contributed by atoms with Crippen molar-refractivity contribution >= 4 is 5.97 Å². The van der Waals surface area contributed by atoms with E-state index in [-0.39, 0.29) is 6.42 Å². The third-order valence-corrected chi connectivity index (χ3v) is 1.93. The number of aromatic amines is 1. The van der Waals surface area contributed by atoms with Gasteiger partial charge in [-0.2, -0.15) is 5.10 Å². The Hall–Kier alpha value is -1.32. The molecule has 0 aromatic carbocycles. The van der Waals surface area contributed by atoms with E-state index in [0.29, 0.717) is 6.42 Å². The number of carboxylic acid groups (broad SMARTS) is 1. The number of hydrogen-bond donors (Lipinski definition) is 2. The molecule has 66 valence electrons. The van der Waals surface area contributed by atoms with Crippen molar-refractivity contribution in [3.8, 4) is 0 Å². The summed E-state index contributed by atoms with van der Waals surface area (Å²) in [5, 5.41) is 15.3. The minimum atomic E-state index is -0.782. The van der Waals surface area contributed by atoms with Crippen LogP contribution in [-0.2, 0) is 11.2 Å². The monoisotopic (exact) mass is 168 g/mol. The second-order valence-electron chi connectivity index (χ2n) is 2.81. The number of aryl methyl sites for hydroxylation is 2. The number of nitrogens with zero attached hydrogens (tertiary/aromatic N) is 1. The van der Waals surface area contributed by atoms with Crippen LogP contribution in [-0.4, -0.2) is 21.3 Å². The van der Waals surface area contributed by atoms with Crippen LogP contribution < -0.4 is 0 Å². The molecule has 0 bridgehead atoms. The summed E-state index contributed by atoms with van der Waals surface area (Å²) in [6.45, 7) is 3.86. The van der Waals surface area contributed by atoms with Crippen LogP contribution >= 0.6 is 0 Å². The van der Waals surface area contributed by atoms with Gasteiger partial charge in [0.25, 0.3) is 0 Å². The average Bonchev–Trinajstić information content (AvgIpc) is 2.30. The highest BCUT2D eigenvalue weighted by Gasteiger charge is 2.06. The van der Waals surface area contributed by atoms with E-state index in [0.717, 1.165) is 17.0 Å². The minimum absolute atomic E-state index is 0.144. The molecule has 4 heteroatoms. The zero-order valence-electron chi connectivity index (χ0n) is 7.22. The third kappa shape index (κ3) is 1.84. The molecule has 12 heavy (non-hydrogen) atoms. The molecule has 1 rings (SSSR count). The first-order valence-electron chi connectivity index (χ1n) is 3.83. The van der Waals surface area contributed by atoms with Gasteiger partial charge in [0.05, 0.1) is 12.1 Å². The van der Waals surface area contributed by atoms with Gasteiger partial charge in [-0.1, -0.05) is 0 Å². The lowest BCUT2D eigenvalue weighted by atomic mass is 10.1. The second kappa shape index (κ2) is 3.38. The summed E-state index contributed by atoms with van der Waals surface area (Å²) in [6, 6.07) is 0. The van der Waals surface area contributed by atoms with Crippen LogP contribution in [0.3, 0.4) is 0 Å². The van der Waals surface area contributed by atoms with E-state index >= 15 is 0 Å². The summed E-state index contributed by atoms with van der Waals surface area (Å²) in [6.07, 6.45) is 0.649. The Bertz CT molecular complexity index is 291. The van der Waals surface area contributed by atoms with Crippen molar-refractivity contribution in [1.82, 2.24) is 10.2 Å². The summed E-state index contributed by atoms with van der Waals surface area (Å²) in [4.78, 5) is 10.3. The molecule has 2 N–H and O–H groups in total. The van der Waals surface area contributed by atoms with Gasteiger partial charge in [-0.05, 0) is 19.4 Å².